The number of anilines is 2. The van der Waals surface area contributed by atoms with E-state index >= 15 is 0 Å². The molecule has 7 rings (SSSR count). The van der Waals surface area contributed by atoms with Crippen molar-refractivity contribution in [1.82, 2.24) is 25.0 Å². The Morgan fingerprint density at radius 2 is 1.09 bits per heavy atom. The van der Waals surface area contributed by atoms with Crippen molar-refractivity contribution in [2.75, 3.05) is 39.1 Å². The quantitative estimate of drug-likeness (QED) is 0.144. The zero-order chi connectivity index (χ0) is 40.5. The van der Waals surface area contributed by atoms with Gasteiger partial charge >= 0.3 is 11.9 Å². The van der Waals surface area contributed by atoms with E-state index in [1.165, 1.54) is 28.4 Å². The maximum atomic E-state index is 13.1. The maximum Gasteiger partial charge on any atom is 0.358 e. The minimum absolute atomic E-state index is 0.0170. The molecule has 0 fully saturated rings. The van der Waals surface area contributed by atoms with Crippen LogP contribution in [-0.2, 0) is 16.0 Å². The average Bonchev–Trinajstić information content (AvgIpc) is 3.77. The number of carbonyl (C=O) groups is 4. The predicted molar refractivity (Wildman–Crippen MR) is 212 cm³/mol. The minimum atomic E-state index is -0.678. The topological polar surface area (TPSA) is 186 Å². The fourth-order valence-corrected chi connectivity index (χ4v) is 6.03. The van der Waals surface area contributed by atoms with Crippen LogP contribution < -0.4 is 20.1 Å². The van der Waals surface area contributed by atoms with Gasteiger partial charge in [-0.15, -0.1) is 5.10 Å². The van der Waals surface area contributed by atoms with E-state index in [4.69, 9.17) is 18.9 Å². The van der Waals surface area contributed by atoms with Crippen LogP contribution in [0.3, 0.4) is 0 Å². The molecule has 57 heavy (non-hydrogen) atoms. The highest BCUT2D eigenvalue weighted by Gasteiger charge is 2.21. The summed E-state index contributed by atoms with van der Waals surface area (Å²) in [7, 11) is 5.38. The number of nitrogens with zero attached hydrogens (tertiary/aromatic N) is 5. The predicted octanol–water partition coefficient (Wildman–Crippen LogP) is 6.51. The zero-order valence-electron chi connectivity index (χ0n) is 31.6. The van der Waals surface area contributed by atoms with Crippen LogP contribution in [0.25, 0.3) is 21.5 Å². The van der Waals surface area contributed by atoms with Crippen LogP contribution in [0.1, 0.15) is 52.8 Å². The molecule has 0 saturated carbocycles. The van der Waals surface area contributed by atoms with Gasteiger partial charge in [0.2, 0.25) is 11.8 Å². The molecule has 2 amide bonds. The number of aromatic nitrogens is 5. The molecule has 0 spiro atoms. The van der Waals surface area contributed by atoms with Crippen LogP contribution in [0.2, 0.25) is 0 Å². The summed E-state index contributed by atoms with van der Waals surface area (Å²) in [5.41, 5.74) is 3.49. The van der Waals surface area contributed by atoms with Crippen molar-refractivity contribution in [3.05, 3.63) is 143 Å². The number of pyridine rings is 2. The van der Waals surface area contributed by atoms with Crippen LogP contribution in [0.4, 0.5) is 11.4 Å². The molecule has 15 nitrogen and oxygen atoms in total. The second kappa shape index (κ2) is 17.6. The van der Waals surface area contributed by atoms with E-state index in [1.54, 1.807) is 53.5 Å². The Kier molecular flexibility index (Phi) is 12.1. The number of fused-ring (bicyclic) bond motifs is 2. The normalized spacial score (nSPS) is 10.5. The highest BCUT2D eigenvalue weighted by Crippen LogP contribution is 2.27. The fourth-order valence-electron chi connectivity index (χ4n) is 6.03. The highest BCUT2D eigenvalue weighted by atomic mass is 16.5. The zero-order valence-corrected chi connectivity index (χ0v) is 31.6. The number of ether oxygens (including phenoxy) is 4. The summed E-state index contributed by atoms with van der Waals surface area (Å²) < 4.78 is 21.3. The van der Waals surface area contributed by atoms with Crippen molar-refractivity contribution in [3.63, 3.8) is 0 Å². The van der Waals surface area contributed by atoms with E-state index < -0.39 is 11.9 Å². The number of nitrogens with one attached hydrogen (secondary N) is 2. The molecule has 0 aliphatic rings. The Balaban J connectivity index is 0.000000196. The van der Waals surface area contributed by atoms with Crippen LogP contribution in [0.5, 0.6) is 11.8 Å². The number of esters is 2. The molecule has 7 aromatic rings. The Labute approximate surface area is 326 Å². The molecule has 0 bridgehead atoms. The molecule has 0 saturated heterocycles. The van der Waals surface area contributed by atoms with Gasteiger partial charge < -0.3 is 29.6 Å². The van der Waals surface area contributed by atoms with Crippen molar-refractivity contribution in [1.29, 1.82) is 0 Å². The van der Waals surface area contributed by atoms with Gasteiger partial charge in [-0.25, -0.2) is 24.2 Å². The largest absolute Gasteiger partial charge is 0.481 e. The molecule has 0 aliphatic carbocycles. The van der Waals surface area contributed by atoms with E-state index in [2.05, 4.69) is 30.9 Å². The summed E-state index contributed by atoms with van der Waals surface area (Å²) in [6, 6.07) is 28.8. The van der Waals surface area contributed by atoms with Crippen LogP contribution >= 0.6 is 0 Å². The number of methoxy groups -OCH3 is 4. The van der Waals surface area contributed by atoms with Crippen molar-refractivity contribution >= 4 is 56.7 Å². The number of aryl methyl sites for hydroxylation is 1. The van der Waals surface area contributed by atoms with E-state index in [0.717, 1.165) is 32.7 Å². The number of benzene rings is 4. The van der Waals surface area contributed by atoms with Gasteiger partial charge in [-0.2, -0.15) is 0 Å². The first-order chi connectivity index (χ1) is 27.6. The summed E-state index contributed by atoms with van der Waals surface area (Å²) in [5.74, 6) is -1.56. The first kappa shape index (κ1) is 39.0. The molecule has 3 aromatic heterocycles. The van der Waals surface area contributed by atoms with Crippen LogP contribution in [0, 0.1) is 6.92 Å². The molecular formula is C42H37N7O8. The fraction of sp³-hybridized carbons (Fsp3) is 0.143. The summed E-state index contributed by atoms with van der Waals surface area (Å²) in [4.78, 5) is 58.2. The van der Waals surface area contributed by atoms with Crippen LogP contribution in [-0.4, -0.2) is 77.2 Å². The number of rotatable bonds is 10. The van der Waals surface area contributed by atoms with Gasteiger partial charge in [0.05, 0.1) is 52.6 Å². The van der Waals surface area contributed by atoms with E-state index in [-0.39, 0.29) is 46.3 Å². The van der Waals surface area contributed by atoms with Gasteiger partial charge in [0.25, 0.3) is 11.8 Å². The molecule has 0 aliphatic heterocycles. The molecule has 0 unspecified atom stereocenters. The van der Waals surface area contributed by atoms with Gasteiger partial charge in [-0.05, 0) is 63.9 Å². The first-order valence-corrected chi connectivity index (χ1v) is 17.4. The Morgan fingerprint density at radius 3 is 1.58 bits per heavy atom. The molecule has 288 valence electrons. The molecule has 15 heteroatoms. The lowest BCUT2D eigenvalue weighted by Gasteiger charge is -2.13. The summed E-state index contributed by atoms with van der Waals surface area (Å²) in [6.07, 6.45) is 3.40. The van der Waals surface area contributed by atoms with Gasteiger partial charge in [-0.1, -0.05) is 65.9 Å². The van der Waals surface area contributed by atoms with Gasteiger partial charge in [0.1, 0.15) is 0 Å². The lowest BCUT2D eigenvalue weighted by molar-refractivity contribution is 0.0585. The lowest BCUT2D eigenvalue weighted by Crippen LogP contribution is -2.17. The van der Waals surface area contributed by atoms with Crippen LogP contribution in [0.15, 0.2) is 109 Å². The lowest BCUT2D eigenvalue weighted by atomic mass is 9.99. The van der Waals surface area contributed by atoms with Crippen molar-refractivity contribution < 1.29 is 38.1 Å². The number of amides is 2. The summed E-state index contributed by atoms with van der Waals surface area (Å²) in [6.45, 7) is 2.52. The minimum Gasteiger partial charge on any atom is -0.481 e. The van der Waals surface area contributed by atoms with Gasteiger partial charge in [0.15, 0.2) is 11.4 Å². The van der Waals surface area contributed by atoms with Crippen molar-refractivity contribution in [2.24, 2.45) is 0 Å². The average molecular weight is 768 g/mol. The summed E-state index contributed by atoms with van der Waals surface area (Å²) >= 11 is 0. The molecule has 3 heterocycles. The standard InChI is InChI=1S/C22H19N5O4.C20H18N2O4/c1-30-19-10-9-18(20(25-19)22(29)31-2)24-21(28)17-8-7-14(13-27-12-11-23-26-27)15-5-3-4-6-16(15)17;1-12-8-9-15(14-7-5-4-6-13(12)14)19(23)21-16-10-11-17(25-2)22-18(16)20(24)26-3/h3-12H,13H2,1-2H3,(H,24,28);4-11H,1-3H3,(H,21,23). The van der Waals surface area contributed by atoms with E-state index in [1.807, 2.05) is 67.6 Å². The van der Waals surface area contributed by atoms with Gasteiger partial charge in [0, 0.05) is 29.5 Å². The van der Waals surface area contributed by atoms with Gasteiger partial charge in [-0.3, -0.25) is 9.59 Å². The Morgan fingerprint density at radius 1 is 0.596 bits per heavy atom. The SMILES string of the molecule is COC(=O)c1nc(OC)ccc1NC(=O)c1ccc(C)c2ccccc12.COC(=O)c1nc(OC)ccc1NC(=O)c1ccc(Cn2ccnn2)c2ccccc12. The van der Waals surface area contributed by atoms with Crippen molar-refractivity contribution in [2.45, 2.75) is 13.5 Å². The first-order valence-electron chi connectivity index (χ1n) is 17.4. The van der Waals surface area contributed by atoms with Crippen molar-refractivity contribution in [3.8, 4) is 11.8 Å². The second-order valence-electron chi connectivity index (χ2n) is 12.3. The molecule has 4 aromatic carbocycles. The monoisotopic (exact) mass is 767 g/mol. The molecule has 2 N–H and O–H groups in total. The Hall–Kier alpha value is -7.68. The Bertz CT molecular complexity index is 2610. The number of hydrogen-bond acceptors (Lipinski definition) is 12. The second-order valence-corrected chi connectivity index (χ2v) is 12.3. The number of carbonyl (C=O) groups excluding carboxylic acids is 4. The molecule has 0 radical (unpaired) electrons. The summed E-state index contributed by atoms with van der Waals surface area (Å²) in [5, 5.41) is 16.9. The maximum absolute atomic E-state index is 13.1. The third-order valence-corrected chi connectivity index (χ3v) is 8.86. The number of hydrogen-bond donors (Lipinski definition) is 2. The molecule has 0 atom stereocenters. The molecular weight excluding hydrogens is 731 g/mol. The third-order valence-electron chi connectivity index (χ3n) is 8.86. The highest BCUT2D eigenvalue weighted by molar-refractivity contribution is 6.15. The smallest absolute Gasteiger partial charge is 0.358 e. The third kappa shape index (κ3) is 8.67. The van der Waals surface area contributed by atoms with E-state index in [9.17, 15) is 19.2 Å². The van der Waals surface area contributed by atoms with E-state index in [0.29, 0.717) is 17.7 Å².